The maximum absolute atomic E-state index is 13.2. The van der Waals surface area contributed by atoms with Gasteiger partial charge in [0, 0.05) is 18.4 Å². The predicted molar refractivity (Wildman–Crippen MR) is 172 cm³/mol. The van der Waals surface area contributed by atoms with Crippen molar-refractivity contribution in [3.8, 4) is 5.75 Å². The van der Waals surface area contributed by atoms with E-state index in [4.69, 9.17) is 9.47 Å². The molecule has 44 heavy (non-hydrogen) atoms. The summed E-state index contributed by atoms with van der Waals surface area (Å²) in [6.07, 6.45) is 20.2. The number of amides is 2. The maximum atomic E-state index is 13.2. The number of ether oxygens (including phenoxy) is 2. The Morgan fingerprint density at radius 1 is 0.795 bits per heavy atom. The highest BCUT2D eigenvalue weighted by Gasteiger charge is 2.40. The summed E-state index contributed by atoms with van der Waals surface area (Å²) in [5, 5.41) is 2.60. The van der Waals surface area contributed by atoms with Crippen molar-refractivity contribution < 1.29 is 23.9 Å². The second-order valence-corrected chi connectivity index (χ2v) is 12.4. The number of imide groups is 1. The highest BCUT2D eigenvalue weighted by Crippen LogP contribution is 2.52. The third kappa shape index (κ3) is 6.17. The van der Waals surface area contributed by atoms with E-state index in [0.717, 1.165) is 92.5 Å². The van der Waals surface area contributed by atoms with E-state index >= 15 is 0 Å². The van der Waals surface area contributed by atoms with Crippen LogP contribution >= 0.6 is 0 Å². The Hall–Kier alpha value is -3.93. The number of rotatable bonds is 13. The zero-order chi connectivity index (χ0) is 30.5. The van der Waals surface area contributed by atoms with Crippen molar-refractivity contribution >= 4 is 23.7 Å². The van der Waals surface area contributed by atoms with Crippen molar-refractivity contribution in [1.29, 1.82) is 0 Å². The number of carbonyl (C=O) groups is 3. The molecular formula is C38H43NO5. The van der Waals surface area contributed by atoms with E-state index in [9.17, 15) is 14.4 Å². The van der Waals surface area contributed by atoms with Gasteiger partial charge in [-0.2, -0.15) is 0 Å². The van der Waals surface area contributed by atoms with E-state index in [1.54, 1.807) is 0 Å². The van der Waals surface area contributed by atoms with Crippen LogP contribution in [0, 0.1) is 0 Å². The van der Waals surface area contributed by atoms with Crippen LogP contribution in [0.5, 0.6) is 5.75 Å². The van der Waals surface area contributed by atoms with Gasteiger partial charge in [0.25, 0.3) is 11.8 Å². The molecule has 0 aromatic heterocycles. The monoisotopic (exact) mass is 593 g/mol. The van der Waals surface area contributed by atoms with Crippen LogP contribution in [-0.4, -0.2) is 31.3 Å². The lowest BCUT2D eigenvalue weighted by Crippen LogP contribution is -2.25. The van der Waals surface area contributed by atoms with Crippen LogP contribution in [-0.2, 0) is 25.5 Å². The Morgan fingerprint density at radius 3 is 2.45 bits per heavy atom. The number of aryl methyl sites for hydroxylation is 1. The van der Waals surface area contributed by atoms with Crippen LogP contribution in [0.2, 0.25) is 0 Å². The van der Waals surface area contributed by atoms with E-state index in [1.165, 1.54) is 47.1 Å². The first-order chi connectivity index (χ1) is 21.6. The molecule has 1 aromatic carbocycles. The van der Waals surface area contributed by atoms with Gasteiger partial charge in [-0.05, 0) is 115 Å². The van der Waals surface area contributed by atoms with Crippen molar-refractivity contribution in [2.45, 2.75) is 96.8 Å². The van der Waals surface area contributed by atoms with Gasteiger partial charge in [0.2, 0.25) is 0 Å². The number of allylic oxidation sites excluding steroid dienone is 8. The highest BCUT2D eigenvalue weighted by molar-refractivity contribution is 6.23. The highest BCUT2D eigenvalue weighted by atomic mass is 16.5. The molecule has 1 aliphatic heterocycles. The molecule has 0 atom stereocenters. The lowest BCUT2D eigenvalue weighted by atomic mass is 9.73. The van der Waals surface area contributed by atoms with Crippen LogP contribution in [0.4, 0.5) is 0 Å². The van der Waals surface area contributed by atoms with E-state index in [1.807, 2.05) is 6.07 Å². The van der Waals surface area contributed by atoms with Crippen LogP contribution in [0.3, 0.4) is 0 Å². The van der Waals surface area contributed by atoms with Gasteiger partial charge in [0.05, 0.1) is 18.8 Å². The van der Waals surface area contributed by atoms with Crippen molar-refractivity contribution in [3.63, 3.8) is 0 Å². The SMILES string of the molecule is CCCCCCOC1=CCC2=C(C=C1)C1=C(CC2)CC2=C(C(=O)NC2=O)C2=C1c1ccc(OCCCCCC=O)cc1CC2. The third-order valence-corrected chi connectivity index (χ3v) is 9.46. The number of hydrogen-bond donors (Lipinski definition) is 1. The quantitative estimate of drug-likeness (QED) is 0.144. The van der Waals surface area contributed by atoms with Gasteiger partial charge < -0.3 is 14.3 Å². The summed E-state index contributed by atoms with van der Waals surface area (Å²) in [6.45, 7) is 3.57. The lowest BCUT2D eigenvalue weighted by Gasteiger charge is -2.30. The maximum Gasteiger partial charge on any atom is 0.258 e. The minimum Gasteiger partial charge on any atom is -0.494 e. The Morgan fingerprint density at radius 2 is 1.61 bits per heavy atom. The smallest absolute Gasteiger partial charge is 0.258 e. The third-order valence-electron chi connectivity index (χ3n) is 9.46. The second-order valence-electron chi connectivity index (χ2n) is 12.4. The molecule has 2 amide bonds. The Balaban J connectivity index is 1.33. The number of nitrogens with one attached hydrogen (secondary N) is 1. The molecule has 1 aromatic rings. The number of fused-ring (bicyclic) bond motifs is 5. The van der Waals surface area contributed by atoms with Gasteiger partial charge in [0.15, 0.2) is 0 Å². The number of unbranched alkanes of at least 4 members (excludes halogenated alkanes) is 6. The van der Waals surface area contributed by atoms with Gasteiger partial charge in [0.1, 0.15) is 17.8 Å². The summed E-state index contributed by atoms with van der Waals surface area (Å²) in [5.74, 6) is 1.27. The van der Waals surface area contributed by atoms with E-state index in [-0.39, 0.29) is 11.8 Å². The molecule has 0 bridgehead atoms. The summed E-state index contributed by atoms with van der Waals surface area (Å²) < 4.78 is 12.3. The molecule has 0 radical (unpaired) electrons. The number of benzene rings is 1. The molecule has 0 saturated heterocycles. The Labute approximate surface area is 260 Å². The normalized spacial score (nSPS) is 19.0. The van der Waals surface area contributed by atoms with Gasteiger partial charge >= 0.3 is 0 Å². The van der Waals surface area contributed by atoms with Crippen LogP contribution < -0.4 is 10.1 Å². The standard InChI is InChI=1S/C38H43NO5/c1-2-3-4-8-21-43-28-14-12-25-10-11-27-24-33-36(38(42)39-37(33)41)32-17-13-26-23-29(44-22-9-6-5-7-20-40)16-19-31(26)35(32)34(27)30(25)18-15-28/h14-16,18-20,23H,2-13,17,21-22,24H2,1H3,(H,39,41,42). The molecule has 5 aliphatic rings. The molecule has 4 aliphatic carbocycles. The second kappa shape index (κ2) is 13.8. The van der Waals surface area contributed by atoms with E-state index < -0.39 is 0 Å². The Kier molecular flexibility index (Phi) is 9.44. The number of aldehydes is 1. The fourth-order valence-corrected chi connectivity index (χ4v) is 7.20. The first-order valence-electron chi connectivity index (χ1n) is 16.6. The molecule has 1 N–H and O–H groups in total. The average Bonchev–Trinajstić information content (AvgIpc) is 3.17. The lowest BCUT2D eigenvalue weighted by molar-refractivity contribution is -0.124. The zero-order valence-electron chi connectivity index (χ0n) is 25.9. The molecule has 0 fully saturated rings. The molecule has 6 heteroatoms. The summed E-state index contributed by atoms with van der Waals surface area (Å²) >= 11 is 0. The van der Waals surface area contributed by atoms with Crippen LogP contribution in [0.15, 0.2) is 81.2 Å². The van der Waals surface area contributed by atoms with Gasteiger partial charge in [-0.25, -0.2) is 0 Å². The summed E-state index contributed by atoms with van der Waals surface area (Å²) in [7, 11) is 0. The number of carbonyl (C=O) groups excluding carboxylic acids is 3. The molecule has 230 valence electrons. The first kappa shape index (κ1) is 30.1. The van der Waals surface area contributed by atoms with Crippen molar-refractivity contribution in [3.05, 3.63) is 92.3 Å². The van der Waals surface area contributed by atoms with Gasteiger partial charge in [-0.1, -0.05) is 49.5 Å². The molecular weight excluding hydrogens is 550 g/mol. The van der Waals surface area contributed by atoms with Gasteiger partial charge in [-0.3, -0.25) is 14.9 Å². The minimum atomic E-state index is -0.263. The van der Waals surface area contributed by atoms with E-state index in [0.29, 0.717) is 37.0 Å². The van der Waals surface area contributed by atoms with Crippen molar-refractivity contribution in [1.82, 2.24) is 5.32 Å². The topological polar surface area (TPSA) is 81.7 Å². The van der Waals surface area contributed by atoms with Crippen molar-refractivity contribution in [2.24, 2.45) is 0 Å². The minimum absolute atomic E-state index is 0.245. The summed E-state index contributed by atoms with van der Waals surface area (Å²) in [5.41, 5.74) is 10.7. The fourth-order valence-electron chi connectivity index (χ4n) is 7.20. The first-order valence-corrected chi connectivity index (χ1v) is 16.6. The van der Waals surface area contributed by atoms with Gasteiger partial charge in [-0.15, -0.1) is 0 Å². The molecule has 6 rings (SSSR count). The molecule has 6 nitrogen and oxygen atoms in total. The Bertz CT molecular complexity index is 1550. The molecule has 1 heterocycles. The molecule has 0 spiro atoms. The number of hydrogen-bond acceptors (Lipinski definition) is 5. The largest absolute Gasteiger partial charge is 0.494 e. The summed E-state index contributed by atoms with van der Waals surface area (Å²) in [4.78, 5) is 36.8. The van der Waals surface area contributed by atoms with Crippen LogP contribution in [0.25, 0.3) is 5.57 Å². The molecule has 0 saturated carbocycles. The van der Waals surface area contributed by atoms with Crippen LogP contribution in [0.1, 0.15) is 102 Å². The summed E-state index contributed by atoms with van der Waals surface area (Å²) in [6, 6.07) is 6.33. The average molecular weight is 594 g/mol. The van der Waals surface area contributed by atoms with E-state index in [2.05, 4.69) is 42.6 Å². The predicted octanol–water partition coefficient (Wildman–Crippen LogP) is 7.71. The fraction of sp³-hybridized carbons (Fsp3) is 0.447. The van der Waals surface area contributed by atoms with Crippen molar-refractivity contribution in [2.75, 3.05) is 13.2 Å². The molecule has 0 unspecified atom stereocenters. The zero-order valence-corrected chi connectivity index (χ0v) is 25.9.